The van der Waals surface area contributed by atoms with Crippen LogP contribution < -0.4 is 4.90 Å². The second-order valence-corrected chi connectivity index (χ2v) is 4.97. The van der Waals surface area contributed by atoms with Crippen molar-refractivity contribution in [3.05, 3.63) is 33.9 Å². The van der Waals surface area contributed by atoms with Crippen molar-refractivity contribution in [2.45, 2.75) is 32.1 Å². The fourth-order valence-corrected chi connectivity index (χ4v) is 2.43. The summed E-state index contributed by atoms with van der Waals surface area (Å²) in [4.78, 5) is 34.4. The number of nitro groups is 1. The number of nitro benzene ring substituents is 1. The summed E-state index contributed by atoms with van der Waals surface area (Å²) in [5, 5.41) is 19.3. The first-order chi connectivity index (χ1) is 9.99. The van der Waals surface area contributed by atoms with E-state index >= 15 is 0 Å². The molecule has 1 aromatic rings. The molecule has 1 aromatic carbocycles. The van der Waals surface area contributed by atoms with Crippen LogP contribution >= 0.6 is 0 Å². The van der Waals surface area contributed by atoms with Gasteiger partial charge in [0.25, 0.3) is 5.69 Å². The lowest BCUT2D eigenvalue weighted by Gasteiger charge is -2.17. The number of rotatable bonds is 6. The molecule has 1 aliphatic heterocycles. The summed E-state index contributed by atoms with van der Waals surface area (Å²) in [6, 6.07) is 4.56. The van der Waals surface area contributed by atoms with Crippen LogP contribution in [0.15, 0.2) is 18.2 Å². The minimum Gasteiger partial charge on any atom is -0.481 e. The van der Waals surface area contributed by atoms with Gasteiger partial charge in [-0.2, -0.15) is 0 Å². The number of benzene rings is 1. The van der Waals surface area contributed by atoms with E-state index in [0.717, 1.165) is 5.56 Å². The lowest BCUT2D eigenvalue weighted by molar-refractivity contribution is -0.384. The molecule has 0 bridgehead atoms. The smallest absolute Gasteiger partial charge is 0.303 e. The number of fused-ring (bicyclic) bond motifs is 1. The summed E-state index contributed by atoms with van der Waals surface area (Å²) in [6.45, 7) is 0.522. The van der Waals surface area contributed by atoms with Crippen LogP contribution in [0, 0.1) is 10.1 Å². The molecule has 0 spiro atoms. The van der Waals surface area contributed by atoms with Crippen LogP contribution in [0.3, 0.4) is 0 Å². The molecule has 7 heteroatoms. The highest BCUT2D eigenvalue weighted by Crippen LogP contribution is 2.32. The number of carboxylic acids is 1. The van der Waals surface area contributed by atoms with Crippen molar-refractivity contribution in [2.75, 3.05) is 11.4 Å². The predicted molar refractivity (Wildman–Crippen MR) is 75.3 cm³/mol. The van der Waals surface area contributed by atoms with Gasteiger partial charge in [0, 0.05) is 31.5 Å². The van der Waals surface area contributed by atoms with Gasteiger partial charge in [0.2, 0.25) is 5.91 Å². The highest BCUT2D eigenvalue weighted by molar-refractivity contribution is 5.95. The van der Waals surface area contributed by atoms with E-state index in [-0.39, 0.29) is 24.4 Å². The van der Waals surface area contributed by atoms with E-state index in [2.05, 4.69) is 0 Å². The van der Waals surface area contributed by atoms with Crippen molar-refractivity contribution in [2.24, 2.45) is 0 Å². The van der Waals surface area contributed by atoms with Gasteiger partial charge in [-0.05, 0) is 24.8 Å². The summed E-state index contributed by atoms with van der Waals surface area (Å²) in [5.41, 5.74) is 1.51. The van der Waals surface area contributed by atoms with Crippen molar-refractivity contribution < 1.29 is 19.6 Å². The van der Waals surface area contributed by atoms with Crippen molar-refractivity contribution >= 4 is 23.3 Å². The van der Waals surface area contributed by atoms with Gasteiger partial charge in [-0.3, -0.25) is 19.7 Å². The topological polar surface area (TPSA) is 101 Å². The number of amides is 1. The van der Waals surface area contributed by atoms with E-state index in [1.54, 1.807) is 11.0 Å². The van der Waals surface area contributed by atoms with Gasteiger partial charge in [-0.25, -0.2) is 0 Å². The lowest BCUT2D eigenvalue weighted by atomic mass is 10.1. The fraction of sp³-hybridized carbons (Fsp3) is 0.429. The quantitative estimate of drug-likeness (QED) is 0.491. The molecule has 0 radical (unpaired) electrons. The minimum atomic E-state index is -0.871. The second-order valence-electron chi connectivity index (χ2n) is 4.97. The van der Waals surface area contributed by atoms with Crippen LogP contribution in [0.1, 0.15) is 31.2 Å². The standard InChI is InChI=1S/C14H16N2O5/c17-13(3-1-2-4-14(18)19)15-8-7-10-5-6-11(16(20)21)9-12(10)15/h5-6,9H,1-4,7-8H2,(H,18,19). The number of carbonyl (C=O) groups excluding carboxylic acids is 1. The SMILES string of the molecule is O=C(O)CCCCC(=O)N1CCc2ccc([N+](=O)[O-])cc21. The molecule has 0 aliphatic carbocycles. The maximum Gasteiger partial charge on any atom is 0.303 e. The molecule has 0 saturated carbocycles. The molecule has 7 nitrogen and oxygen atoms in total. The number of unbranched alkanes of at least 4 members (excludes halogenated alkanes) is 1. The average molecular weight is 292 g/mol. The van der Waals surface area contributed by atoms with E-state index < -0.39 is 10.9 Å². The number of hydrogen-bond acceptors (Lipinski definition) is 4. The Labute approximate surface area is 121 Å². The Hall–Kier alpha value is -2.44. The van der Waals surface area contributed by atoms with E-state index in [4.69, 9.17) is 5.11 Å². The van der Waals surface area contributed by atoms with Gasteiger partial charge in [-0.15, -0.1) is 0 Å². The fourth-order valence-electron chi connectivity index (χ4n) is 2.43. The van der Waals surface area contributed by atoms with Crippen molar-refractivity contribution in [1.29, 1.82) is 0 Å². The van der Waals surface area contributed by atoms with Crippen molar-refractivity contribution in [3.63, 3.8) is 0 Å². The first-order valence-corrected chi connectivity index (χ1v) is 6.78. The highest BCUT2D eigenvalue weighted by atomic mass is 16.6. The average Bonchev–Trinajstić information content (AvgIpc) is 2.86. The zero-order chi connectivity index (χ0) is 15.4. The van der Waals surface area contributed by atoms with E-state index in [0.29, 0.717) is 31.5 Å². The number of hydrogen-bond donors (Lipinski definition) is 1. The van der Waals surface area contributed by atoms with Crippen LogP contribution in [0.5, 0.6) is 0 Å². The Kier molecular flexibility index (Phi) is 4.52. The second kappa shape index (κ2) is 6.34. The molecule has 0 unspecified atom stereocenters. The Morgan fingerprint density at radius 1 is 1.29 bits per heavy atom. The number of carbonyl (C=O) groups is 2. The van der Waals surface area contributed by atoms with Crippen LogP contribution in [0.25, 0.3) is 0 Å². The Bertz CT molecular complexity index is 585. The van der Waals surface area contributed by atoms with Crippen LogP contribution in [-0.2, 0) is 16.0 Å². The molecular weight excluding hydrogens is 276 g/mol. The van der Waals surface area contributed by atoms with Gasteiger partial charge >= 0.3 is 5.97 Å². The predicted octanol–water partition coefficient (Wildman–Crippen LogP) is 2.13. The van der Waals surface area contributed by atoms with Crippen LogP contribution in [0.2, 0.25) is 0 Å². The maximum absolute atomic E-state index is 12.1. The molecule has 2 rings (SSSR count). The monoisotopic (exact) mass is 292 g/mol. The number of nitrogens with zero attached hydrogens (tertiary/aromatic N) is 2. The Morgan fingerprint density at radius 2 is 2.00 bits per heavy atom. The van der Waals surface area contributed by atoms with Crippen LogP contribution in [-0.4, -0.2) is 28.5 Å². The van der Waals surface area contributed by atoms with E-state index in [9.17, 15) is 19.7 Å². The van der Waals surface area contributed by atoms with Gasteiger partial charge in [0.15, 0.2) is 0 Å². The largest absolute Gasteiger partial charge is 0.481 e. The van der Waals surface area contributed by atoms with Gasteiger partial charge in [-0.1, -0.05) is 6.07 Å². The number of carboxylic acid groups (broad SMARTS) is 1. The number of aliphatic carboxylic acids is 1. The Balaban J connectivity index is 2.00. The molecular formula is C14H16N2O5. The van der Waals surface area contributed by atoms with Gasteiger partial charge < -0.3 is 10.0 Å². The zero-order valence-electron chi connectivity index (χ0n) is 11.4. The summed E-state index contributed by atoms with van der Waals surface area (Å²) < 4.78 is 0. The molecule has 0 atom stereocenters. The molecule has 112 valence electrons. The summed E-state index contributed by atoms with van der Waals surface area (Å²) in [7, 11) is 0. The third-order valence-electron chi connectivity index (χ3n) is 3.51. The zero-order valence-corrected chi connectivity index (χ0v) is 11.4. The third kappa shape index (κ3) is 3.56. The normalized spacial score (nSPS) is 13.0. The Morgan fingerprint density at radius 3 is 2.67 bits per heavy atom. The lowest BCUT2D eigenvalue weighted by Crippen LogP contribution is -2.28. The summed E-state index contributed by atoms with van der Waals surface area (Å²) in [6.07, 6.45) is 1.96. The minimum absolute atomic E-state index is 0.0284. The molecule has 1 N–H and O–H groups in total. The molecule has 0 aromatic heterocycles. The van der Waals surface area contributed by atoms with Crippen LogP contribution in [0.4, 0.5) is 11.4 Å². The molecule has 21 heavy (non-hydrogen) atoms. The van der Waals surface area contributed by atoms with Crippen molar-refractivity contribution in [3.8, 4) is 0 Å². The van der Waals surface area contributed by atoms with Gasteiger partial charge in [0.05, 0.1) is 10.6 Å². The molecule has 0 saturated heterocycles. The van der Waals surface area contributed by atoms with Crippen molar-refractivity contribution in [1.82, 2.24) is 0 Å². The number of non-ortho nitro benzene ring substituents is 1. The van der Waals surface area contributed by atoms with Gasteiger partial charge in [0.1, 0.15) is 0 Å². The molecule has 1 heterocycles. The third-order valence-corrected chi connectivity index (χ3v) is 3.51. The first-order valence-electron chi connectivity index (χ1n) is 6.78. The summed E-state index contributed by atoms with van der Waals surface area (Å²) >= 11 is 0. The highest BCUT2D eigenvalue weighted by Gasteiger charge is 2.26. The molecule has 1 aliphatic rings. The van der Waals surface area contributed by atoms with E-state index in [1.165, 1.54) is 12.1 Å². The summed E-state index contributed by atoms with van der Waals surface area (Å²) in [5.74, 6) is -0.982. The molecule has 0 fully saturated rings. The first kappa shape index (κ1) is 15.0. The van der Waals surface area contributed by atoms with E-state index in [1.807, 2.05) is 0 Å². The maximum atomic E-state index is 12.1. The molecule has 1 amide bonds. The number of anilines is 1.